The number of fused-ring (bicyclic) bond motifs is 1. The van der Waals surface area contributed by atoms with Gasteiger partial charge in [-0.3, -0.25) is 0 Å². The van der Waals surface area contributed by atoms with Crippen molar-refractivity contribution in [2.75, 3.05) is 6.61 Å². The summed E-state index contributed by atoms with van der Waals surface area (Å²) in [7, 11) is -1.46. The monoisotopic (exact) mass is 228 g/mol. The van der Waals surface area contributed by atoms with Gasteiger partial charge in [0, 0.05) is 6.61 Å². The molecule has 1 saturated carbocycles. The summed E-state index contributed by atoms with van der Waals surface area (Å²) >= 11 is 0. The second kappa shape index (κ2) is 4.19. The third-order valence-electron chi connectivity index (χ3n) is 4.36. The van der Waals surface area contributed by atoms with E-state index in [2.05, 4.69) is 26.9 Å². The van der Waals surface area contributed by atoms with Crippen LogP contribution in [0.25, 0.3) is 0 Å². The fourth-order valence-corrected chi connectivity index (χ4v) is 5.41. The molecule has 1 aliphatic heterocycles. The van der Waals surface area contributed by atoms with Crippen LogP contribution in [0.15, 0.2) is 0 Å². The Bertz CT molecular complexity index is 230. The van der Waals surface area contributed by atoms with Gasteiger partial charge in [-0.15, -0.1) is 0 Å². The highest BCUT2D eigenvalue weighted by Gasteiger charge is 2.47. The molecule has 15 heavy (non-hydrogen) atoms. The molecule has 1 heterocycles. The molecule has 2 rings (SSSR count). The molecule has 0 aromatic heterocycles. The van der Waals surface area contributed by atoms with E-state index in [0.29, 0.717) is 12.2 Å². The van der Waals surface area contributed by atoms with Crippen LogP contribution in [0.2, 0.25) is 18.6 Å². The average Bonchev–Trinajstić information content (AvgIpc) is 2.93. The maximum Gasteiger partial charge on any atom is 0.189 e. The Morgan fingerprint density at radius 1 is 1.33 bits per heavy atom. The zero-order valence-corrected chi connectivity index (χ0v) is 11.5. The van der Waals surface area contributed by atoms with Crippen LogP contribution in [-0.4, -0.2) is 27.1 Å². The molecular formula is C12H24O2Si. The second-order valence-corrected chi connectivity index (χ2v) is 10.0. The molecule has 2 nitrogen and oxygen atoms in total. The molecule has 1 aliphatic carbocycles. The molecule has 0 aromatic carbocycles. The quantitative estimate of drug-likeness (QED) is 0.544. The average molecular weight is 228 g/mol. The van der Waals surface area contributed by atoms with E-state index in [4.69, 9.17) is 9.16 Å². The first-order valence-electron chi connectivity index (χ1n) is 6.34. The largest absolute Gasteiger partial charge is 0.417 e. The van der Waals surface area contributed by atoms with Crippen LogP contribution >= 0.6 is 0 Å². The lowest BCUT2D eigenvalue weighted by Crippen LogP contribution is -2.40. The van der Waals surface area contributed by atoms with E-state index in [1.165, 1.54) is 19.3 Å². The molecule has 88 valence electrons. The zero-order valence-electron chi connectivity index (χ0n) is 10.5. The molecule has 2 fully saturated rings. The molecule has 1 saturated heterocycles. The van der Waals surface area contributed by atoms with E-state index >= 15 is 0 Å². The smallest absolute Gasteiger partial charge is 0.189 e. The van der Waals surface area contributed by atoms with E-state index in [1.54, 1.807) is 0 Å². The van der Waals surface area contributed by atoms with Crippen LogP contribution in [0.3, 0.4) is 0 Å². The van der Waals surface area contributed by atoms with Gasteiger partial charge in [-0.25, -0.2) is 0 Å². The van der Waals surface area contributed by atoms with Crippen LogP contribution < -0.4 is 0 Å². The Morgan fingerprint density at radius 2 is 2.07 bits per heavy atom. The van der Waals surface area contributed by atoms with Crippen LogP contribution in [0.4, 0.5) is 0 Å². The Morgan fingerprint density at radius 3 is 2.67 bits per heavy atom. The summed E-state index contributed by atoms with van der Waals surface area (Å²) < 4.78 is 11.6. The molecule has 2 aliphatic rings. The van der Waals surface area contributed by atoms with E-state index in [0.717, 1.165) is 18.1 Å². The SMILES string of the molecule is CCO[Si](C)(C)C(C)C1CCC2OC2C1. The number of hydrogen-bond acceptors (Lipinski definition) is 2. The van der Waals surface area contributed by atoms with Gasteiger partial charge in [0.25, 0.3) is 0 Å². The number of epoxide rings is 1. The molecular weight excluding hydrogens is 204 g/mol. The maximum absolute atomic E-state index is 5.99. The molecule has 4 atom stereocenters. The van der Waals surface area contributed by atoms with Gasteiger partial charge in [0.2, 0.25) is 0 Å². The van der Waals surface area contributed by atoms with Crippen molar-refractivity contribution < 1.29 is 9.16 Å². The number of hydrogen-bond donors (Lipinski definition) is 0. The van der Waals surface area contributed by atoms with Gasteiger partial charge in [0.1, 0.15) is 0 Å². The minimum Gasteiger partial charge on any atom is -0.417 e. The highest BCUT2D eigenvalue weighted by Crippen LogP contribution is 2.46. The summed E-state index contributed by atoms with van der Waals surface area (Å²) in [6.45, 7) is 10.1. The number of ether oxygens (including phenoxy) is 1. The lowest BCUT2D eigenvalue weighted by Gasteiger charge is -2.36. The third kappa shape index (κ3) is 2.45. The van der Waals surface area contributed by atoms with E-state index in [9.17, 15) is 0 Å². The maximum atomic E-state index is 5.99. The summed E-state index contributed by atoms with van der Waals surface area (Å²) in [6, 6.07) is 0. The summed E-state index contributed by atoms with van der Waals surface area (Å²) in [4.78, 5) is 0. The molecule has 3 heteroatoms. The fraction of sp³-hybridized carbons (Fsp3) is 1.00. The van der Waals surface area contributed by atoms with Crippen molar-refractivity contribution in [1.29, 1.82) is 0 Å². The van der Waals surface area contributed by atoms with Gasteiger partial charge in [-0.1, -0.05) is 6.92 Å². The van der Waals surface area contributed by atoms with E-state index in [1.807, 2.05) is 0 Å². The van der Waals surface area contributed by atoms with Crippen LogP contribution in [-0.2, 0) is 9.16 Å². The summed E-state index contributed by atoms with van der Waals surface area (Å²) in [5.41, 5.74) is 0.766. The summed E-state index contributed by atoms with van der Waals surface area (Å²) in [5.74, 6) is 0.849. The van der Waals surface area contributed by atoms with E-state index < -0.39 is 8.32 Å². The normalized spacial score (nSPS) is 37.2. The van der Waals surface area contributed by atoms with Gasteiger partial charge >= 0.3 is 0 Å². The third-order valence-corrected chi connectivity index (χ3v) is 8.06. The van der Waals surface area contributed by atoms with Gasteiger partial charge in [0.15, 0.2) is 8.32 Å². The van der Waals surface area contributed by atoms with Crippen molar-refractivity contribution in [1.82, 2.24) is 0 Å². The highest BCUT2D eigenvalue weighted by molar-refractivity contribution is 6.72. The van der Waals surface area contributed by atoms with Crippen molar-refractivity contribution >= 4 is 8.32 Å². The topological polar surface area (TPSA) is 21.8 Å². The van der Waals surface area contributed by atoms with Crippen molar-refractivity contribution in [3.05, 3.63) is 0 Å². The predicted molar refractivity (Wildman–Crippen MR) is 64.5 cm³/mol. The van der Waals surface area contributed by atoms with Crippen LogP contribution in [0.1, 0.15) is 33.1 Å². The minimum absolute atomic E-state index is 0.609. The molecule has 0 N–H and O–H groups in total. The summed E-state index contributed by atoms with van der Waals surface area (Å²) in [6.07, 6.45) is 5.17. The lowest BCUT2D eigenvalue weighted by molar-refractivity contribution is 0.288. The first-order valence-corrected chi connectivity index (χ1v) is 9.32. The Balaban J connectivity index is 1.91. The summed E-state index contributed by atoms with van der Waals surface area (Å²) in [5, 5.41) is 0. The molecule has 0 radical (unpaired) electrons. The minimum atomic E-state index is -1.46. The van der Waals surface area contributed by atoms with Gasteiger partial charge in [-0.05, 0) is 50.7 Å². The highest BCUT2D eigenvalue weighted by atomic mass is 28.4. The van der Waals surface area contributed by atoms with Crippen LogP contribution in [0, 0.1) is 5.92 Å². The van der Waals surface area contributed by atoms with Gasteiger partial charge < -0.3 is 9.16 Å². The fourth-order valence-electron chi connectivity index (χ4n) is 2.96. The lowest BCUT2D eigenvalue weighted by atomic mass is 9.87. The van der Waals surface area contributed by atoms with Crippen molar-refractivity contribution in [3.63, 3.8) is 0 Å². The Labute approximate surface area is 94.5 Å². The number of rotatable bonds is 4. The Kier molecular flexibility index (Phi) is 3.24. The molecule has 0 spiro atoms. The second-order valence-electron chi connectivity index (χ2n) is 5.61. The zero-order chi connectivity index (χ0) is 11.1. The van der Waals surface area contributed by atoms with Gasteiger partial charge in [-0.2, -0.15) is 0 Å². The standard InChI is InChI=1S/C12H24O2Si/c1-5-13-15(3,4)9(2)10-6-7-11-12(8-10)14-11/h9-12H,5-8H2,1-4H3. The first-order chi connectivity index (χ1) is 7.04. The van der Waals surface area contributed by atoms with Gasteiger partial charge in [0.05, 0.1) is 12.2 Å². The predicted octanol–water partition coefficient (Wildman–Crippen LogP) is 3.19. The van der Waals surface area contributed by atoms with Crippen molar-refractivity contribution in [2.24, 2.45) is 5.92 Å². The van der Waals surface area contributed by atoms with Crippen molar-refractivity contribution in [3.8, 4) is 0 Å². The molecule has 0 amide bonds. The van der Waals surface area contributed by atoms with E-state index in [-0.39, 0.29) is 0 Å². The molecule has 4 unspecified atom stereocenters. The first kappa shape index (κ1) is 11.6. The molecule has 0 aromatic rings. The Hall–Kier alpha value is 0.137. The van der Waals surface area contributed by atoms with Crippen LogP contribution in [0.5, 0.6) is 0 Å². The van der Waals surface area contributed by atoms with Crippen molar-refractivity contribution in [2.45, 2.75) is 64.0 Å². The molecule has 0 bridgehead atoms.